The van der Waals surface area contributed by atoms with Gasteiger partial charge in [-0.2, -0.15) is 5.26 Å². The molecule has 1 rings (SSSR count). The molecule has 3 heteroatoms. The van der Waals surface area contributed by atoms with Crippen LogP contribution >= 0.6 is 0 Å². The third kappa shape index (κ3) is 3.46. The summed E-state index contributed by atoms with van der Waals surface area (Å²) in [6, 6.07) is 9.13. The van der Waals surface area contributed by atoms with Crippen molar-refractivity contribution < 1.29 is 9.47 Å². The van der Waals surface area contributed by atoms with Gasteiger partial charge in [0, 0.05) is 20.1 Å². The number of nitriles is 1. The maximum Gasteiger partial charge on any atom is 0.119 e. The molecule has 0 aromatic heterocycles. The van der Waals surface area contributed by atoms with Gasteiger partial charge in [0.05, 0.1) is 18.2 Å². The van der Waals surface area contributed by atoms with Crippen LogP contribution in [0.15, 0.2) is 24.3 Å². The molecular formula is C11H13NO2. The summed E-state index contributed by atoms with van der Waals surface area (Å²) in [4.78, 5) is 0. The van der Waals surface area contributed by atoms with Crippen LogP contribution in [0.3, 0.4) is 0 Å². The van der Waals surface area contributed by atoms with Crippen molar-refractivity contribution in [3.63, 3.8) is 0 Å². The van der Waals surface area contributed by atoms with E-state index in [4.69, 9.17) is 14.7 Å². The van der Waals surface area contributed by atoms with Gasteiger partial charge in [0.15, 0.2) is 0 Å². The van der Waals surface area contributed by atoms with Crippen molar-refractivity contribution in [3.8, 4) is 11.8 Å². The largest absolute Gasteiger partial charge is 0.494 e. The smallest absolute Gasteiger partial charge is 0.119 e. The van der Waals surface area contributed by atoms with Gasteiger partial charge in [0.2, 0.25) is 0 Å². The van der Waals surface area contributed by atoms with Gasteiger partial charge in [-0.3, -0.25) is 0 Å². The second kappa shape index (κ2) is 6.01. The standard InChI is InChI=1S/C11H13NO2/c1-13-7-2-8-14-11-5-3-10(9-12)4-6-11/h3-6H,2,7-8H2,1H3. The van der Waals surface area contributed by atoms with E-state index in [0.717, 1.165) is 12.2 Å². The van der Waals surface area contributed by atoms with Crippen molar-refractivity contribution in [1.29, 1.82) is 5.26 Å². The van der Waals surface area contributed by atoms with Gasteiger partial charge in [-0.25, -0.2) is 0 Å². The lowest BCUT2D eigenvalue weighted by Gasteiger charge is -2.04. The highest BCUT2D eigenvalue weighted by atomic mass is 16.5. The molecule has 0 radical (unpaired) electrons. The van der Waals surface area contributed by atoms with Gasteiger partial charge in [-0.1, -0.05) is 0 Å². The molecular weight excluding hydrogens is 178 g/mol. The van der Waals surface area contributed by atoms with E-state index in [0.29, 0.717) is 18.8 Å². The Morgan fingerprint density at radius 1 is 1.21 bits per heavy atom. The second-order valence-corrected chi connectivity index (χ2v) is 2.83. The lowest BCUT2D eigenvalue weighted by Crippen LogP contribution is -2.01. The van der Waals surface area contributed by atoms with E-state index >= 15 is 0 Å². The fourth-order valence-electron chi connectivity index (χ4n) is 1.02. The Morgan fingerprint density at radius 2 is 1.93 bits per heavy atom. The first-order valence-electron chi connectivity index (χ1n) is 4.48. The molecule has 14 heavy (non-hydrogen) atoms. The van der Waals surface area contributed by atoms with Crippen LogP contribution in [-0.4, -0.2) is 20.3 Å². The van der Waals surface area contributed by atoms with Crippen molar-refractivity contribution in [2.75, 3.05) is 20.3 Å². The Hall–Kier alpha value is -1.53. The normalized spacial score (nSPS) is 9.43. The van der Waals surface area contributed by atoms with Crippen LogP contribution in [0.25, 0.3) is 0 Å². The summed E-state index contributed by atoms with van der Waals surface area (Å²) in [6.45, 7) is 1.34. The summed E-state index contributed by atoms with van der Waals surface area (Å²) >= 11 is 0. The minimum absolute atomic E-state index is 0.639. The first-order valence-corrected chi connectivity index (χ1v) is 4.48. The Kier molecular flexibility index (Phi) is 4.53. The first kappa shape index (κ1) is 10.6. The lowest BCUT2D eigenvalue weighted by atomic mass is 10.2. The summed E-state index contributed by atoms with van der Waals surface area (Å²) in [5, 5.41) is 8.57. The molecule has 0 spiro atoms. The second-order valence-electron chi connectivity index (χ2n) is 2.83. The molecule has 74 valence electrons. The lowest BCUT2D eigenvalue weighted by molar-refractivity contribution is 0.172. The molecule has 0 aliphatic heterocycles. The number of ether oxygens (including phenoxy) is 2. The van der Waals surface area contributed by atoms with Crippen molar-refractivity contribution in [2.24, 2.45) is 0 Å². The Bertz CT molecular complexity index is 300. The zero-order valence-electron chi connectivity index (χ0n) is 8.19. The molecule has 0 N–H and O–H groups in total. The fraction of sp³-hybridized carbons (Fsp3) is 0.364. The highest BCUT2D eigenvalue weighted by Gasteiger charge is 1.94. The highest BCUT2D eigenvalue weighted by Crippen LogP contribution is 2.11. The molecule has 0 heterocycles. The topological polar surface area (TPSA) is 42.2 Å². The molecule has 3 nitrogen and oxygen atoms in total. The van der Waals surface area contributed by atoms with Crippen LogP contribution in [0.5, 0.6) is 5.75 Å². The minimum Gasteiger partial charge on any atom is -0.494 e. The number of methoxy groups -OCH3 is 1. The summed E-state index contributed by atoms with van der Waals surface area (Å²) in [7, 11) is 1.67. The molecule has 1 aromatic carbocycles. The van der Waals surface area contributed by atoms with E-state index in [1.165, 1.54) is 0 Å². The van der Waals surface area contributed by atoms with Crippen LogP contribution in [0.4, 0.5) is 0 Å². The zero-order valence-corrected chi connectivity index (χ0v) is 8.19. The number of nitrogens with zero attached hydrogens (tertiary/aromatic N) is 1. The Morgan fingerprint density at radius 3 is 2.50 bits per heavy atom. The molecule has 0 amide bonds. The van der Waals surface area contributed by atoms with Crippen molar-refractivity contribution in [3.05, 3.63) is 29.8 Å². The van der Waals surface area contributed by atoms with Gasteiger partial charge in [-0.05, 0) is 24.3 Å². The minimum atomic E-state index is 0.639. The third-order valence-electron chi connectivity index (χ3n) is 1.74. The third-order valence-corrected chi connectivity index (χ3v) is 1.74. The van der Waals surface area contributed by atoms with E-state index in [-0.39, 0.29) is 0 Å². The molecule has 1 aromatic rings. The van der Waals surface area contributed by atoms with Gasteiger partial charge in [0.1, 0.15) is 5.75 Å². The average Bonchev–Trinajstić information content (AvgIpc) is 2.25. The van der Waals surface area contributed by atoms with Gasteiger partial charge in [-0.15, -0.1) is 0 Å². The molecule has 0 unspecified atom stereocenters. The summed E-state index contributed by atoms with van der Waals surface area (Å²) in [5.74, 6) is 0.792. The summed E-state index contributed by atoms with van der Waals surface area (Å²) < 4.78 is 10.3. The predicted octanol–water partition coefficient (Wildman–Crippen LogP) is 1.97. The van der Waals surface area contributed by atoms with E-state index in [2.05, 4.69) is 6.07 Å². The molecule has 0 aliphatic carbocycles. The number of hydrogen-bond acceptors (Lipinski definition) is 3. The Balaban J connectivity index is 2.33. The maximum absolute atomic E-state index is 8.57. The van der Waals surface area contributed by atoms with Gasteiger partial charge < -0.3 is 9.47 Å². The summed E-state index contributed by atoms with van der Waals surface area (Å²) in [5.41, 5.74) is 0.647. The van der Waals surface area contributed by atoms with Crippen molar-refractivity contribution in [2.45, 2.75) is 6.42 Å². The molecule has 0 bridgehead atoms. The SMILES string of the molecule is COCCCOc1ccc(C#N)cc1. The monoisotopic (exact) mass is 191 g/mol. The van der Waals surface area contributed by atoms with Crippen molar-refractivity contribution in [1.82, 2.24) is 0 Å². The van der Waals surface area contributed by atoms with Crippen LogP contribution in [0, 0.1) is 11.3 Å². The van der Waals surface area contributed by atoms with Gasteiger partial charge >= 0.3 is 0 Å². The molecule has 0 atom stereocenters. The van der Waals surface area contributed by atoms with Crippen LogP contribution < -0.4 is 4.74 Å². The van der Waals surface area contributed by atoms with E-state index in [9.17, 15) is 0 Å². The molecule has 0 saturated heterocycles. The average molecular weight is 191 g/mol. The Labute approximate surface area is 83.9 Å². The van der Waals surface area contributed by atoms with E-state index in [1.807, 2.05) is 0 Å². The maximum atomic E-state index is 8.57. The van der Waals surface area contributed by atoms with Crippen LogP contribution in [-0.2, 0) is 4.74 Å². The summed E-state index contributed by atoms with van der Waals surface area (Å²) in [6.07, 6.45) is 0.872. The quantitative estimate of drug-likeness (QED) is 0.668. The van der Waals surface area contributed by atoms with E-state index < -0.39 is 0 Å². The number of hydrogen-bond donors (Lipinski definition) is 0. The van der Waals surface area contributed by atoms with Crippen molar-refractivity contribution >= 4 is 0 Å². The molecule has 0 saturated carbocycles. The van der Waals surface area contributed by atoms with E-state index in [1.54, 1.807) is 31.4 Å². The van der Waals surface area contributed by atoms with Gasteiger partial charge in [0.25, 0.3) is 0 Å². The zero-order chi connectivity index (χ0) is 10.2. The van der Waals surface area contributed by atoms with Crippen LogP contribution in [0.1, 0.15) is 12.0 Å². The fourth-order valence-corrected chi connectivity index (χ4v) is 1.02. The van der Waals surface area contributed by atoms with Crippen LogP contribution in [0.2, 0.25) is 0 Å². The first-order chi connectivity index (χ1) is 6.86. The molecule has 0 aliphatic rings. The highest BCUT2D eigenvalue weighted by molar-refractivity contribution is 5.34. The molecule has 0 fully saturated rings. The number of benzene rings is 1. The predicted molar refractivity (Wildman–Crippen MR) is 53.1 cm³/mol. The number of rotatable bonds is 5.